The number of rotatable bonds is 4. The molecule has 0 aliphatic carbocycles. The minimum absolute atomic E-state index is 0. The van der Waals surface area contributed by atoms with Gasteiger partial charge < -0.3 is 5.32 Å². The van der Waals surface area contributed by atoms with Crippen LogP contribution in [0.4, 0.5) is 8.78 Å². The number of sulfonamides is 1. The minimum atomic E-state index is -3.99. The second kappa shape index (κ2) is 7.21. The average molecular weight is 355 g/mol. The van der Waals surface area contributed by atoms with Crippen LogP contribution >= 0.6 is 12.4 Å². The molecule has 1 unspecified atom stereocenters. The quantitative estimate of drug-likeness (QED) is 0.873. The number of hydrogen-bond donors (Lipinski definition) is 2. The Kier molecular flexibility index (Phi) is 6.32. The van der Waals surface area contributed by atoms with Gasteiger partial charge in [0.2, 0.25) is 10.0 Å². The van der Waals surface area contributed by atoms with Crippen molar-refractivity contribution in [3.63, 3.8) is 0 Å². The van der Waals surface area contributed by atoms with E-state index in [2.05, 4.69) is 23.9 Å². The standard InChI is InChI=1S/C14H20F2N2O2S.ClH/c1-14(2)6-3-7-17-13(14)9-18-21(19,20)12-5-4-10(15)8-11(12)16;/h4-5,8,13,17-18H,3,6-7,9H2,1-2H3;1H. The summed E-state index contributed by atoms with van der Waals surface area (Å²) in [6.45, 7) is 5.14. The molecule has 22 heavy (non-hydrogen) atoms. The van der Waals surface area contributed by atoms with E-state index in [1.807, 2.05) is 0 Å². The summed E-state index contributed by atoms with van der Waals surface area (Å²) in [5, 5.41) is 3.28. The van der Waals surface area contributed by atoms with E-state index in [1.165, 1.54) is 0 Å². The van der Waals surface area contributed by atoms with Gasteiger partial charge in [0.05, 0.1) is 0 Å². The number of benzene rings is 1. The molecule has 1 aromatic rings. The molecule has 1 heterocycles. The van der Waals surface area contributed by atoms with Crippen molar-refractivity contribution in [2.75, 3.05) is 13.1 Å². The van der Waals surface area contributed by atoms with Crippen molar-refractivity contribution in [3.05, 3.63) is 29.8 Å². The second-order valence-electron chi connectivity index (χ2n) is 6.03. The van der Waals surface area contributed by atoms with Gasteiger partial charge in [-0.1, -0.05) is 13.8 Å². The van der Waals surface area contributed by atoms with Crippen LogP contribution in [0.3, 0.4) is 0 Å². The molecule has 0 amide bonds. The van der Waals surface area contributed by atoms with Crippen LogP contribution in [0.25, 0.3) is 0 Å². The molecule has 0 bridgehead atoms. The predicted octanol–water partition coefficient (Wildman–Crippen LogP) is 2.44. The SMILES string of the molecule is CC1(C)CCCNC1CNS(=O)(=O)c1ccc(F)cc1F.Cl. The Morgan fingerprint density at radius 1 is 1.36 bits per heavy atom. The highest BCUT2D eigenvalue weighted by Gasteiger charge is 2.33. The lowest BCUT2D eigenvalue weighted by Crippen LogP contribution is -2.52. The zero-order chi connectivity index (χ0) is 15.7. The van der Waals surface area contributed by atoms with Crippen LogP contribution in [-0.4, -0.2) is 27.5 Å². The van der Waals surface area contributed by atoms with Crippen molar-refractivity contribution in [3.8, 4) is 0 Å². The Morgan fingerprint density at radius 2 is 2.05 bits per heavy atom. The summed E-state index contributed by atoms with van der Waals surface area (Å²) >= 11 is 0. The first-order chi connectivity index (χ1) is 9.72. The highest BCUT2D eigenvalue weighted by atomic mass is 35.5. The third-order valence-electron chi connectivity index (χ3n) is 3.99. The lowest BCUT2D eigenvalue weighted by atomic mass is 9.78. The summed E-state index contributed by atoms with van der Waals surface area (Å²) in [6, 6.07) is 2.41. The van der Waals surface area contributed by atoms with E-state index >= 15 is 0 Å². The van der Waals surface area contributed by atoms with Gasteiger partial charge in [0, 0.05) is 18.7 Å². The van der Waals surface area contributed by atoms with Crippen LogP contribution in [0.1, 0.15) is 26.7 Å². The third-order valence-corrected chi connectivity index (χ3v) is 5.45. The monoisotopic (exact) mass is 354 g/mol. The van der Waals surface area contributed by atoms with Gasteiger partial charge in [-0.05, 0) is 36.9 Å². The van der Waals surface area contributed by atoms with Gasteiger partial charge in [0.25, 0.3) is 0 Å². The zero-order valence-electron chi connectivity index (χ0n) is 12.5. The molecule has 4 nitrogen and oxygen atoms in total. The first-order valence-electron chi connectivity index (χ1n) is 6.90. The van der Waals surface area contributed by atoms with Crippen molar-refractivity contribution in [1.29, 1.82) is 0 Å². The fourth-order valence-corrected chi connectivity index (χ4v) is 3.69. The van der Waals surface area contributed by atoms with Crippen LogP contribution in [0, 0.1) is 17.0 Å². The summed E-state index contributed by atoms with van der Waals surface area (Å²) < 4.78 is 53.1. The molecule has 8 heteroatoms. The highest BCUT2D eigenvalue weighted by Crippen LogP contribution is 2.29. The van der Waals surface area contributed by atoms with Crippen LogP contribution in [-0.2, 0) is 10.0 Å². The van der Waals surface area contributed by atoms with Crippen LogP contribution in [0.2, 0.25) is 0 Å². The zero-order valence-corrected chi connectivity index (χ0v) is 14.2. The molecule has 2 rings (SSSR count). The van der Waals surface area contributed by atoms with Crippen LogP contribution in [0.5, 0.6) is 0 Å². The van der Waals surface area contributed by atoms with Gasteiger partial charge in [-0.3, -0.25) is 0 Å². The molecule has 1 aliphatic heterocycles. The first kappa shape index (κ1) is 19.3. The molecule has 1 aromatic carbocycles. The molecule has 2 N–H and O–H groups in total. The Bertz CT molecular complexity index is 623. The Labute approximate surface area is 136 Å². The van der Waals surface area contributed by atoms with Gasteiger partial charge in [0.15, 0.2) is 0 Å². The van der Waals surface area contributed by atoms with Gasteiger partial charge in [0.1, 0.15) is 16.5 Å². The molecule has 0 radical (unpaired) electrons. The minimum Gasteiger partial charge on any atom is -0.312 e. The number of nitrogens with one attached hydrogen (secondary N) is 2. The van der Waals surface area contributed by atoms with Gasteiger partial charge in [-0.2, -0.15) is 0 Å². The molecular formula is C14H21ClF2N2O2S. The molecule has 1 atom stereocenters. The Morgan fingerprint density at radius 3 is 2.64 bits per heavy atom. The molecule has 126 valence electrons. The first-order valence-corrected chi connectivity index (χ1v) is 8.39. The number of piperidine rings is 1. The molecule has 0 aromatic heterocycles. The van der Waals surface area contributed by atoms with Crippen molar-refractivity contribution in [1.82, 2.24) is 10.0 Å². The molecule has 1 saturated heterocycles. The topological polar surface area (TPSA) is 58.2 Å². The van der Waals surface area contributed by atoms with Crippen molar-refractivity contribution in [2.24, 2.45) is 5.41 Å². The summed E-state index contributed by atoms with van der Waals surface area (Å²) in [7, 11) is -3.99. The van der Waals surface area contributed by atoms with E-state index in [1.54, 1.807) is 0 Å². The van der Waals surface area contributed by atoms with Crippen molar-refractivity contribution >= 4 is 22.4 Å². The Hall–Kier alpha value is -0.760. The second-order valence-corrected chi connectivity index (χ2v) is 7.76. The largest absolute Gasteiger partial charge is 0.312 e. The number of hydrogen-bond acceptors (Lipinski definition) is 3. The van der Waals surface area contributed by atoms with Gasteiger partial charge in [-0.25, -0.2) is 21.9 Å². The molecule has 0 spiro atoms. The number of halogens is 3. The maximum Gasteiger partial charge on any atom is 0.243 e. The highest BCUT2D eigenvalue weighted by molar-refractivity contribution is 7.89. The maximum atomic E-state index is 13.6. The predicted molar refractivity (Wildman–Crippen MR) is 83.6 cm³/mol. The van der Waals surface area contributed by atoms with Crippen LogP contribution in [0.15, 0.2) is 23.1 Å². The van der Waals surface area contributed by atoms with E-state index in [0.717, 1.165) is 31.5 Å². The van der Waals surface area contributed by atoms with E-state index in [4.69, 9.17) is 0 Å². The normalized spacial score (nSPS) is 21.2. The van der Waals surface area contributed by atoms with Crippen molar-refractivity contribution in [2.45, 2.75) is 37.6 Å². The van der Waals surface area contributed by atoms with E-state index in [0.29, 0.717) is 6.07 Å². The third kappa shape index (κ3) is 4.38. The average Bonchev–Trinajstić information content (AvgIpc) is 2.36. The molecule has 0 saturated carbocycles. The van der Waals surface area contributed by atoms with Crippen LogP contribution < -0.4 is 10.0 Å². The smallest absolute Gasteiger partial charge is 0.243 e. The molecular weight excluding hydrogens is 334 g/mol. The fraction of sp³-hybridized carbons (Fsp3) is 0.571. The lowest BCUT2D eigenvalue weighted by Gasteiger charge is -2.39. The van der Waals surface area contributed by atoms with E-state index in [9.17, 15) is 17.2 Å². The summed E-state index contributed by atoms with van der Waals surface area (Å²) in [4.78, 5) is -0.530. The lowest BCUT2D eigenvalue weighted by molar-refractivity contribution is 0.181. The van der Waals surface area contributed by atoms with Crippen molar-refractivity contribution < 1.29 is 17.2 Å². The van der Waals surface area contributed by atoms with E-state index in [-0.39, 0.29) is 30.4 Å². The van der Waals surface area contributed by atoms with E-state index < -0.39 is 26.6 Å². The van der Waals surface area contributed by atoms with Gasteiger partial charge in [-0.15, -0.1) is 12.4 Å². The molecule has 1 aliphatic rings. The summed E-state index contributed by atoms with van der Waals surface area (Å²) in [6.07, 6.45) is 2.04. The summed E-state index contributed by atoms with van der Waals surface area (Å²) in [5.74, 6) is -1.89. The maximum absolute atomic E-state index is 13.6. The van der Waals surface area contributed by atoms with Gasteiger partial charge >= 0.3 is 0 Å². The molecule has 1 fully saturated rings. The summed E-state index contributed by atoms with van der Waals surface area (Å²) in [5.41, 5.74) is -0.0396. The fourth-order valence-electron chi connectivity index (χ4n) is 2.58. The Balaban J connectivity index is 0.00000242.